The van der Waals surface area contributed by atoms with Crippen molar-refractivity contribution in [3.05, 3.63) is 58.9 Å². The normalized spacial score (nSPS) is 16.5. The first-order chi connectivity index (χ1) is 14.4. The summed E-state index contributed by atoms with van der Waals surface area (Å²) in [7, 11) is 0. The molecule has 1 atom stereocenters. The minimum atomic E-state index is -0.514. The fraction of sp³-hybridized carbons (Fsp3) is 0.364. The molecule has 1 fully saturated rings. The number of piperazine rings is 1. The van der Waals surface area contributed by atoms with Crippen molar-refractivity contribution < 1.29 is 18.7 Å². The van der Waals surface area contributed by atoms with Crippen molar-refractivity contribution in [2.75, 3.05) is 36.9 Å². The number of halogens is 2. The van der Waals surface area contributed by atoms with Crippen LogP contribution < -0.4 is 4.90 Å². The molecule has 0 aromatic heterocycles. The van der Waals surface area contributed by atoms with Crippen molar-refractivity contribution in [3.8, 4) is 0 Å². The molecule has 1 saturated heterocycles. The molecule has 0 N–H and O–H groups in total. The molecule has 0 spiro atoms. The van der Waals surface area contributed by atoms with Crippen LogP contribution in [-0.2, 0) is 9.53 Å². The molecule has 8 heteroatoms. The first-order valence-corrected chi connectivity index (χ1v) is 11.1. The van der Waals surface area contributed by atoms with E-state index in [2.05, 4.69) is 4.90 Å². The molecule has 0 aliphatic carbocycles. The predicted octanol–water partition coefficient (Wildman–Crippen LogP) is 4.49. The fourth-order valence-electron chi connectivity index (χ4n) is 3.42. The number of hydrogen-bond donors (Lipinski definition) is 0. The molecule has 0 bridgehead atoms. The number of nitrogens with zero attached hydrogens (tertiary/aromatic N) is 2. The average Bonchev–Trinajstić information content (AvgIpc) is 2.72. The number of carbonyl (C=O) groups excluding carboxylic acids is 2. The molecule has 0 radical (unpaired) electrons. The zero-order valence-corrected chi connectivity index (χ0v) is 18.5. The van der Waals surface area contributed by atoms with Gasteiger partial charge in [-0.15, -0.1) is 11.8 Å². The van der Waals surface area contributed by atoms with Crippen LogP contribution in [0.15, 0.2) is 47.4 Å². The molecule has 160 valence electrons. The minimum Gasteiger partial charge on any atom is -0.465 e. The number of carbonyl (C=O) groups is 2. The average molecular weight is 451 g/mol. The Balaban J connectivity index is 1.64. The summed E-state index contributed by atoms with van der Waals surface area (Å²) in [5.74, 6) is -1.08. The number of benzene rings is 2. The molecule has 1 heterocycles. The SMILES string of the molecule is CCOC(=O)CSc1ccc(C(=O)N2CCN(c3cccc(Cl)c3)CC2C)cc1F. The third-order valence-corrected chi connectivity index (χ3v) is 6.15. The van der Waals surface area contributed by atoms with Gasteiger partial charge in [-0.3, -0.25) is 9.59 Å². The van der Waals surface area contributed by atoms with Gasteiger partial charge in [0.25, 0.3) is 5.91 Å². The maximum absolute atomic E-state index is 14.5. The molecule has 2 aromatic carbocycles. The number of thioether (sulfide) groups is 1. The maximum Gasteiger partial charge on any atom is 0.316 e. The van der Waals surface area contributed by atoms with Gasteiger partial charge in [0.15, 0.2) is 0 Å². The maximum atomic E-state index is 14.5. The zero-order chi connectivity index (χ0) is 21.7. The van der Waals surface area contributed by atoms with E-state index in [0.717, 1.165) is 17.4 Å². The van der Waals surface area contributed by atoms with Gasteiger partial charge in [-0.05, 0) is 50.2 Å². The van der Waals surface area contributed by atoms with Crippen molar-refractivity contribution >= 4 is 40.9 Å². The Labute approximate surface area is 185 Å². The second-order valence-electron chi connectivity index (χ2n) is 7.01. The van der Waals surface area contributed by atoms with Crippen LogP contribution in [0.3, 0.4) is 0 Å². The standard InChI is InChI=1S/C22H24ClFN2O3S/c1-3-29-21(27)14-30-20-8-7-16(11-19(20)24)22(28)26-10-9-25(13-15(26)2)18-6-4-5-17(23)12-18/h4-8,11-12,15H,3,9-10,13-14H2,1-2H3. The van der Waals surface area contributed by atoms with Gasteiger partial charge in [-0.1, -0.05) is 17.7 Å². The number of amides is 1. The number of anilines is 1. The molecule has 5 nitrogen and oxygen atoms in total. The highest BCUT2D eigenvalue weighted by Crippen LogP contribution is 2.26. The van der Waals surface area contributed by atoms with Gasteiger partial charge in [0.05, 0.1) is 12.4 Å². The Hall–Kier alpha value is -2.25. The van der Waals surface area contributed by atoms with Crippen molar-refractivity contribution in [1.82, 2.24) is 4.90 Å². The number of esters is 1. The Kier molecular flexibility index (Phi) is 7.61. The molecule has 30 heavy (non-hydrogen) atoms. The van der Waals surface area contributed by atoms with E-state index in [0.29, 0.717) is 35.1 Å². The Morgan fingerprint density at radius 3 is 2.70 bits per heavy atom. The number of ether oxygens (including phenoxy) is 1. The van der Waals surface area contributed by atoms with Gasteiger partial charge in [-0.2, -0.15) is 0 Å². The first kappa shape index (κ1) is 22.4. The van der Waals surface area contributed by atoms with E-state index in [4.69, 9.17) is 16.3 Å². The van der Waals surface area contributed by atoms with Crippen LogP contribution in [0, 0.1) is 5.82 Å². The lowest BCUT2D eigenvalue weighted by Crippen LogP contribution is -2.54. The van der Waals surface area contributed by atoms with Crippen LogP contribution in [0.4, 0.5) is 10.1 Å². The van der Waals surface area contributed by atoms with E-state index in [1.54, 1.807) is 24.0 Å². The predicted molar refractivity (Wildman–Crippen MR) is 118 cm³/mol. The molecule has 1 unspecified atom stereocenters. The lowest BCUT2D eigenvalue weighted by molar-refractivity contribution is -0.139. The first-order valence-electron chi connectivity index (χ1n) is 9.78. The topological polar surface area (TPSA) is 49.9 Å². The van der Waals surface area contributed by atoms with Crippen LogP contribution in [0.2, 0.25) is 5.02 Å². The largest absolute Gasteiger partial charge is 0.465 e. The summed E-state index contributed by atoms with van der Waals surface area (Å²) >= 11 is 7.15. The van der Waals surface area contributed by atoms with E-state index >= 15 is 0 Å². The minimum absolute atomic E-state index is 0.0283. The highest BCUT2D eigenvalue weighted by molar-refractivity contribution is 8.00. The van der Waals surface area contributed by atoms with Crippen LogP contribution in [0.1, 0.15) is 24.2 Å². The van der Waals surface area contributed by atoms with E-state index in [9.17, 15) is 14.0 Å². The Morgan fingerprint density at radius 1 is 1.23 bits per heavy atom. The monoisotopic (exact) mass is 450 g/mol. The van der Waals surface area contributed by atoms with Gasteiger partial charge in [-0.25, -0.2) is 4.39 Å². The summed E-state index contributed by atoms with van der Waals surface area (Å²) in [5, 5.41) is 0.676. The summed E-state index contributed by atoms with van der Waals surface area (Å²) in [6, 6.07) is 12.0. The van der Waals surface area contributed by atoms with E-state index in [1.165, 1.54) is 6.07 Å². The highest BCUT2D eigenvalue weighted by atomic mass is 35.5. The fourth-order valence-corrected chi connectivity index (χ4v) is 4.33. The quantitative estimate of drug-likeness (QED) is 0.479. The Morgan fingerprint density at radius 2 is 2.03 bits per heavy atom. The van der Waals surface area contributed by atoms with Crippen LogP contribution in [0.5, 0.6) is 0 Å². The molecule has 1 aliphatic rings. The third-order valence-electron chi connectivity index (χ3n) is 4.89. The van der Waals surface area contributed by atoms with Crippen LogP contribution in [0.25, 0.3) is 0 Å². The summed E-state index contributed by atoms with van der Waals surface area (Å²) < 4.78 is 19.3. The lowest BCUT2D eigenvalue weighted by atomic mass is 10.1. The van der Waals surface area contributed by atoms with Gasteiger partial charge in [0.1, 0.15) is 5.82 Å². The summed E-state index contributed by atoms with van der Waals surface area (Å²) in [5.41, 5.74) is 1.33. The Bertz CT molecular complexity index is 927. The van der Waals surface area contributed by atoms with Crippen molar-refractivity contribution in [2.24, 2.45) is 0 Å². The van der Waals surface area contributed by atoms with Gasteiger partial charge >= 0.3 is 5.97 Å². The zero-order valence-electron chi connectivity index (χ0n) is 16.9. The van der Waals surface area contributed by atoms with Gasteiger partial charge < -0.3 is 14.5 Å². The van der Waals surface area contributed by atoms with E-state index < -0.39 is 11.8 Å². The van der Waals surface area contributed by atoms with E-state index in [-0.39, 0.29) is 24.3 Å². The summed E-state index contributed by atoms with van der Waals surface area (Å²) in [6.07, 6.45) is 0. The molecule has 0 saturated carbocycles. The van der Waals surface area contributed by atoms with E-state index in [1.807, 2.05) is 31.2 Å². The molecule has 2 aromatic rings. The molecular formula is C22H24ClFN2O3S. The molecular weight excluding hydrogens is 427 g/mol. The van der Waals surface area contributed by atoms with Crippen molar-refractivity contribution in [1.29, 1.82) is 0 Å². The summed E-state index contributed by atoms with van der Waals surface area (Å²) in [4.78, 5) is 28.7. The number of rotatable bonds is 6. The van der Waals surface area contributed by atoms with Gasteiger partial charge in [0, 0.05) is 46.8 Å². The second kappa shape index (κ2) is 10.2. The highest BCUT2D eigenvalue weighted by Gasteiger charge is 2.28. The van der Waals surface area contributed by atoms with Crippen LogP contribution >= 0.6 is 23.4 Å². The summed E-state index contributed by atoms with van der Waals surface area (Å²) in [6.45, 7) is 5.87. The lowest BCUT2D eigenvalue weighted by Gasteiger charge is -2.41. The smallest absolute Gasteiger partial charge is 0.316 e. The van der Waals surface area contributed by atoms with Crippen LogP contribution in [-0.4, -0.2) is 54.8 Å². The number of hydrogen-bond acceptors (Lipinski definition) is 5. The molecule has 1 amide bonds. The third kappa shape index (κ3) is 5.46. The molecule has 3 rings (SSSR count). The van der Waals surface area contributed by atoms with Crippen molar-refractivity contribution in [3.63, 3.8) is 0 Å². The van der Waals surface area contributed by atoms with Gasteiger partial charge in [0.2, 0.25) is 0 Å². The molecule has 1 aliphatic heterocycles. The van der Waals surface area contributed by atoms with Crippen molar-refractivity contribution in [2.45, 2.75) is 24.8 Å². The second-order valence-corrected chi connectivity index (χ2v) is 8.47.